The second kappa shape index (κ2) is 6.99. The molecule has 1 rings (SSSR count). The highest BCUT2D eigenvalue weighted by Crippen LogP contribution is 2.24. The zero-order chi connectivity index (χ0) is 11.8. The lowest BCUT2D eigenvalue weighted by Crippen LogP contribution is -1.87. The molecule has 0 radical (unpaired) electrons. The van der Waals surface area contributed by atoms with Crippen LogP contribution in [0.25, 0.3) is 6.08 Å². The van der Waals surface area contributed by atoms with Crippen LogP contribution in [0.4, 0.5) is 5.69 Å². The summed E-state index contributed by atoms with van der Waals surface area (Å²) in [4.78, 5) is 3.92. The molecule has 15 heavy (non-hydrogen) atoms. The summed E-state index contributed by atoms with van der Waals surface area (Å²) < 4.78 is 0. The van der Waals surface area contributed by atoms with Crippen molar-refractivity contribution in [2.24, 2.45) is 4.99 Å². The van der Waals surface area contributed by atoms with Gasteiger partial charge in [0, 0.05) is 0 Å². The van der Waals surface area contributed by atoms with Crippen LogP contribution in [0, 0.1) is 0 Å². The van der Waals surface area contributed by atoms with Gasteiger partial charge < -0.3 is 0 Å². The Bertz CT molecular complexity index is 324. The van der Waals surface area contributed by atoms with Gasteiger partial charge in [0.2, 0.25) is 0 Å². The number of benzene rings is 1. The lowest BCUT2D eigenvalue weighted by molar-refractivity contribution is 0.866. The fourth-order valence-corrected chi connectivity index (χ4v) is 1.24. The van der Waals surface area contributed by atoms with Gasteiger partial charge in [-0.2, -0.15) is 0 Å². The van der Waals surface area contributed by atoms with E-state index in [1.165, 1.54) is 5.56 Å². The highest BCUT2D eigenvalue weighted by atomic mass is 14.7. The first-order chi connectivity index (χ1) is 7.19. The average molecular weight is 203 g/mol. The highest BCUT2D eigenvalue weighted by Gasteiger charge is 2.02. The van der Waals surface area contributed by atoms with Crippen molar-refractivity contribution in [3.63, 3.8) is 0 Å². The third-order valence-corrected chi connectivity index (χ3v) is 2.11. The Hall–Kier alpha value is -1.37. The van der Waals surface area contributed by atoms with E-state index in [1.807, 2.05) is 26.0 Å². The second-order valence-corrected chi connectivity index (χ2v) is 3.34. The lowest BCUT2D eigenvalue weighted by atomic mass is 10.00. The Morgan fingerprint density at radius 3 is 2.27 bits per heavy atom. The molecule has 0 atom stereocenters. The van der Waals surface area contributed by atoms with Gasteiger partial charge in [-0.1, -0.05) is 46.4 Å². The van der Waals surface area contributed by atoms with E-state index in [9.17, 15) is 0 Å². The van der Waals surface area contributed by atoms with E-state index in [2.05, 4.69) is 44.3 Å². The van der Waals surface area contributed by atoms with Crippen molar-refractivity contribution in [1.82, 2.24) is 0 Å². The summed E-state index contributed by atoms with van der Waals surface area (Å²) in [6, 6.07) is 6.18. The van der Waals surface area contributed by atoms with Gasteiger partial charge in [0.15, 0.2) is 0 Å². The number of aliphatic imine (C=N–C) groups is 1. The second-order valence-electron chi connectivity index (χ2n) is 3.34. The topological polar surface area (TPSA) is 12.4 Å². The molecule has 1 heteroatoms. The van der Waals surface area contributed by atoms with Crippen LogP contribution in [0.1, 0.15) is 44.7 Å². The van der Waals surface area contributed by atoms with Gasteiger partial charge in [-0.3, -0.25) is 4.99 Å². The molecule has 1 nitrogen and oxygen atoms in total. The molecule has 0 aliphatic heterocycles. The quantitative estimate of drug-likeness (QED) is 0.625. The van der Waals surface area contributed by atoms with Crippen LogP contribution in [0.5, 0.6) is 0 Å². The van der Waals surface area contributed by atoms with Crippen molar-refractivity contribution in [3.8, 4) is 0 Å². The van der Waals surface area contributed by atoms with Crippen LogP contribution in [-0.4, -0.2) is 6.72 Å². The van der Waals surface area contributed by atoms with Crippen LogP contribution in [0.15, 0.2) is 29.8 Å². The number of hydrogen-bond acceptors (Lipinski definition) is 1. The van der Waals surface area contributed by atoms with Gasteiger partial charge in [0.1, 0.15) is 0 Å². The van der Waals surface area contributed by atoms with Gasteiger partial charge in [-0.05, 0) is 35.9 Å². The van der Waals surface area contributed by atoms with E-state index in [1.54, 1.807) is 0 Å². The predicted molar refractivity (Wildman–Crippen MR) is 71.2 cm³/mol. The van der Waals surface area contributed by atoms with Crippen LogP contribution in [0.2, 0.25) is 0 Å². The fourth-order valence-electron chi connectivity index (χ4n) is 1.24. The van der Waals surface area contributed by atoms with Gasteiger partial charge in [0.25, 0.3) is 0 Å². The normalized spacial score (nSPS) is 9.13. The third kappa shape index (κ3) is 3.70. The van der Waals surface area contributed by atoms with E-state index < -0.39 is 0 Å². The maximum absolute atomic E-state index is 3.92. The molecule has 0 saturated carbocycles. The molecule has 0 amide bonds. The Balaban J connectivity index is 0.000000921. The molecule has 0 unspecified atom stereocenters. The van der Waals surface area contributed by atoms with Crippen molar-refractivity contribution in [3.05, 3.63) is 35.9 Å². The largest absolute Gasteiger partial charge is 0.264 e. The van der Waals surface area contributed by atoms with Gasteiger partial charge in [0.05, 0.1) is 5.69 Å². The van der Waals surface area contributed by atoms with Crippen molar-refractivity contribution < 1.29 is 0 Å². The van der Waals surface area contributed by atoms with E-state index >= 15 is 0 Å². The average Bonchev–Trinajstić information content (AvgIpc) is 2.30. The minimum absolute atomic E-state index is 0.539. The molecular weight excluding hydrogens is 182 g/mol. The smallest absolute Gasteiger partial charge is 0.0694 e. The highest BCUT2D eigenvalue weighted by molar-refractivity contribution is 5.65. The molecule has 0 saturated heterocycles. The van der Waals surface area contributed by atoms with Gasteiger partial charge in [-0.15, -0.1) is 0 Å². The molecule has 0 aromatic heterocycles. The van der Waals surface area contributed by atoms with Gasteiger partial charge in [-0.25, -0.2) is 0 Å². The Morgan fingerprint density at radius 2 is 1.87 bits per heavy atom. The predicted octanol–water partition coefficient (Wildman–Crippen LogP) is 4.81. The minimum Gasteiger partial charge on any atom is -0.264 e. The van der Waals surface area contributed by atoms with E-state index in [-0.39, 0.29) is 0 Å². The number of hydrogen-bond donors (Lipinski definition) is 0. The molecule has 82 valence electrons. The lowest BCUT2D eigenvalue weighted by Gasteiger charge is -2.07. The molecule has 0 aliphatic rings. The van der Waals surface area contributed by atoms with E-state index in [4.69, 9.17) is 0 Å². The Kier molecular flexibility index (Phi) is 6.35. The first kappa shape index (κ1) is 13.6. The Morgan fingerprint density at radius 1 is 1.27 bits per heavy atom. The van der Waals surface area contributed by atoms with Crippen LogP contribution >= 0.6 is 0 Å². The summed E-state index contributed by atoms with van der Waals surface area (Å²) in [5, 5.41) is 0. The monoisotopic (exact) mass is 203 g/mol. The van der Waals surface area contributed by atoms with Crippen LogP contribution in [-0.2, 0) is 0 Å². The number of nitrogens with zero attached hydrogens (tertiary/aromatic N) is 1. The molecule has 0 N–H and O–H groups in total. The Labute approximate surface area is 93.6 Å². The summed E-state index contributed by atoms with van der Waals surface area (Å²) in [6.45, 7) is 15.6. The van der Waals surface area contributed by atoms with E-state index in [0.29, 0.717) is 5.92 Å². The van der Waals surface area contributed by atoms with Crippen LogP contribution in [0.3, 0.4) is 0 Å². The summed E-state index contributed by atoms with van der Waals surface area (Å²) in [6.07, 6.45) is 1.82. The van der Waals surface area contributed by atoms with E-state index in [0.717, 1.165) is 11.3 Å². The SMILES string of the molecule is C=Cc1cc(C(C)C)ccc1N=C.CC. The maximum Gasteiger partial charge on any atom is 0.0694 e. The molecule has 0 fully saturated rings. The fraction of sp³-hybridized carbons (Fsp3) is 0.357. The molecule has 0 heterocycles. The zero-order valence-electron chi connectivity index (χ0n) is 10.2. The van der Waals surface area contributed by atoms with Crippen molar-refractivity contribution in [2.45, 2.75) is 33.6 Å². The first-order valence-corrected chi connectivity index (χ1v) is 5.42. The zero-order valence-corrected chi connectivity index (χ0v) is 10.2. The van der Waals surface area contributed by atoms with Crippen molar-refractivity contribution >= 4 is 18.5 Å². The summed E-state index contributed by atoms with van der Waals surface area (Å²) in [5.41, 5.74) is 3.27. The minimum atomic E-state index is 0.539. The van der Waals surface area contributed by atoms with Gasteiger partial charge >= 0.3 is 0 Å². The molecular formula is C14H21N. The third-order valence-electron chi connectivity index (χ3n) is 2.11. The standard InChI is InChI=1S/C12H15N.C2H6/c1-5-10-8-11(9(2)3)6-7-12(10)13-4;1-2/h5-9H,1,4H2,2-3H3;1-2H3. The maximum atomic E-state index is 3.92. The molecule has 0 bridgehead atoms. The molecule has 1 aromatic rings. The molecule has 0 aliphatic carbocycles. The molecule has 0 spiro atoms. The summed E-state index contributed by atoms with van der Waals surface area (Å²) in [7, 11) is 0. The molecule has 1 aromatic carbocycles. The van der Waals surface area contributed by atoms with Crippen molar-refractivity contribution in [2.75, 3.05) is 0 Å². The first-order valence-electron chi connectivity index (χ1n) is 5.42. The summed E-state index contributed by atoms with van der Waals surface area (Å²) in [5.74, 6) is 0.539. The van der Waals surface area contributed by atoms with Crippen LogP contribution < -0.4 is 0 Å². The van der Waals surface area contributed by atoms with Crippen molar-refractivity contribution in [1.29, 1.82) is 0 Å². The number of rotatable bonds is 3. The summed E-state index contributed by atoms with van der Waals surface area (Å²) >= 11 is 0.